The molecule has 0 spiro atoms. The monoisotopic (exact) mass is 316 g/mol. The van der Waals surface area contributed by atoms with Crippen LogP contribution in [0.4, 0.5) is 0 Å². The Labute approximate surface area is 131 Å². The maximum absolute atomic E-state index is 13.0. The lowest BCUT2D eigenvalue weighted by Gasteiger charge is -2.34. The number of aromatic nitrogens is 1. The molecule has 1 aromatic heterocycles. The number of pyridine rings is 1. The molecule has 3 rings (SSSR count). The molecule has 0 N–H and O–H groups in total. The third-order valence-electron chi connectivity index (χ3n) is 4.15. The van der Waals surface area contributed by atoms with Gasteiger partial charge in [0.1, 0.15) is 0 Å². The first-order valence-electron chi connectivity index (χ1n) is 7.57. The third-order valence-corrected chi connectivity index (χ3v) is 6.07. The van der Waals surface area contributed by atoms with Gasteiger partial charge in [0.25, 0.3) is 0 Å². The van der Waals surface area contributed by atoms with E-state index in [1.807, 2.05) is 31.2 Å². The van der Waals surface area contributed by atoms with Gasteiger partial charge in [0.15, 0.2) is 0 Å². The summed E-state index contributed by atoms with van der Waals surface area (Å²) < 4.78 is 27.6. The summed E-state index contributed by atoms with van der Waals surface area (Å²) >= 11 is 0. The van der Waals surface area contributed by atoms with E-state index in [-0.39, 0.29) is 6.04 Å². The van der Waals surface area contributed by atoms with Crippen molar-refractivity contribution in [2.45, 2.75) is 37.1 Å². The zero-order valence-corrected chi connectivity index (χ0v) is 13.5. The van der Waals surface area contributed by atoms with Crippen molar-refractivity contribution in [2.75, 3.05) is 6.54 Å². The van der Waals surface area contributed by atoms with E-state index in [1.165, 1.54) is 0 Å². The van der Waals surface area contributed by atoms with Crippen LogP contribution in [0.25, 0.3) is 0 Å². The van der Waals surface area contributed by atoms with Crippen molar-refractivity contribution in [2.24, 2.45) is 0 Å². The smallest absolute Gasteiger partial charge is 0.243 e. The van der Waals surface area contributed by atoms with Gasteiger partial charge in [-0.15, -0.1) is 0 Å². The van der Waals surface area contributed by atoms with Crippen molar-refractivity contribution in [3.63, 3.8) is 0 Å². The molecule has 1 aliphatic heterocycles. The minimum atomic E-state index is -3.47. The van der Waals surface area contributed by atoms with Crippen LogP contribution in [-0.2, 0) is 10.0 Å². The summed E-state index contributed by atoms with van der Waals surface area (Å²) in [5, 5.41) is 0. The quantitative estimate of drug-likeness (QED) is 0.873. The molecule has 0 bridgehead atoms. The zero-order valence-electron chi connectivity index (χ0n) is 12.6. The standard InChI is InChI=1S/C17H20N2O2S/c1-14-7-9-16(10-8-14)22(20,21)19-12-3-2-6-17(19)15-5-4-11-18-13-15/h4-5,7-11,13,17H,2-3,6,12H2,1H3/t17-/m1/s1. The average molecular weight is 316 g/mol. The van der Waals surface area contributed by atoms with Crippen LogP contribution in [0.1, 0.15) is 36.4 Å². The summed E-state index contributed by atoms with van der Waals surface area (Å²) in [5.41, 5.74) is 2.03. The molecule has 22 heavy (non-hydrogen) atoms. The topological polar surface area (TPSA) is 50.3 Å². The molecule has 0 radical (unpaired) electrons. The second-order valence-corrected chi connectivity index (χ2v) is 7.62. The number of rotatable bonds is 3. The lowest BCUT2D eigenvalue weighted by Crippen LogP contribution is -2.38. The lowest BCUT2D eigenvalue weighted by atomic mass is 9.99. The van der Waals surface area contributed by atoms with Gasteiger partial charge < -0.3 is 0 Å². The van der Waals surface area contributed by atoms with Crippen LogP contribution >= 0.6 is 0 Å². The van der Waals surface area contributed by atoms with Gasteiger partial charge in [0.2, 0.25) is 10.0 Å². The van der Waals surface area contributed by atoms with Crippen molar-refractivity contribution in [1.82, 2.24) is 9.29 Å². The first-order chi connectivity index (χ1) is 10.6. The van der Waals surface area contributed by atoms with Crippen molar-refractivity contribution in [3.8, 4) is 0 Å². The van der Waals surface area contributed by atoms with Crippen LogP contribution in [-0.4, -0.2) is 24.3 Å². The van der Waals surface area contributed by atoms with E-state index < -0.39 is 10.0 Å². The van der Waals surface area contributed by atoms with Crippen LogP contribution in [0, 0.1) is 6.92 Å². The number of sulfonamides is 1. The summed E-state index contributed by atoms with van der Waals surface area (Å²) in [6.45, 7) is 2.52. The molecular weight excluding hydrogens is 296 g/mol. The second-order valence-electron chi connectivity index (χ2n) is 5.73. The minimum Gasteiger partial charge on any atom is -0.264 e. The predicted molar refractivity (Wildman–Crippen MR) is 85.9 cm³/mol. The van der Waals surface area contributed by atoms with Crippen LogP contribution in [0.5, 0.6) is 0 Å². The Bertz CT molecular complexity index is 727. The lowest BCUT2D eigenvalue weighted by molar-refractivity contribution is 0.255. The van der Waals surface area contributed by atoms with Crippen LogP contribution in [0.15, 0.2) is 53.7 Å². The molecule has 1 aromatic carbocycles. The fraction of sp³-hybridized carbons (Fsp3) is 0.353. The molecule has 2 aromatic rings. The van der Waals surface area contributed by atoms with Crippen molar-refractivity contribution in [1.29, 1.82) is 0 Å². The molecule has 0 aliphatic carbocycles. The SMILES string of the molecule is Cc1ccc(S(=O)(=O)N2CCCC[C@@H]2c2cccnc2)cc1. The molecule has 0 unspecified atom stereocenters. The maximum atomic E-state index is 13.0. The molecule has 4 nitrogen and oxygen atoms in total. The van der Waals surface area contributed by atoms with E-state index in [0.717, 1.165) is 30.4 Å². The van der Waals surface area contributed by atoms with E-state index >= 15 is 0 Å². The second kappa shape index (κ2) is 6.18. The van der Waals surface area contributed by atoms with Gasteiger partial charge in [-0.25, -0.2) is 8.42 Å². The fourth-order valence-corrected chi connectivity index (χ4v) is 4.63. The number of benzene rings is 1. The molecule has 1 atom stereocenters. The zero-order chi connectivity index (χ0) is 15.6. The van der Waals surface area contributed by atoms with Crippen LogP contribution in [0.2, 0.25) is 0 Å². The number of hydrogen-bond acceptors (Lipinski definition) is 3. The molecule has 1 aliphatic rings. The minimum absolute atomic E-state index is 0.117. The van der Waals surface area contributed by atoms with E-state index in [4.69, 9.17) is 0 Å². The van der Waals surface area contributed by atoms with Crippen LogP contribution in [0.3, 0.4) is 0 Å². The van der Waals surface area contributed by atoms with Gasteiger partial charge in [-0.05, 0) is 43.5 Å². The largest absolute Gasteiger partial charge is 0.264 e. The Balaban J connectivity index is 1.98. The number of piperidine rings is 1. The van der Waals surface area contributed by atoms with Crippen molar-refractivity contribution < 1.29 is 8.42 Å². The van der Waals surface area contributed by atoms with Crippen molar-refractivity contribution >= 4 is 10.0 Å². The summed E-state index contributed by atoms with van der Waals surface area (Å²) in [7, 11) is -3.47. The highest BCUT2D eigenvalue weighted by Gasteiger charge is 2.34. The van der Waals surface area contributed by atoms with Gasteiger partial charge >= 0.3 is 0 Å². The van der Waals surface area contributed by atoms with E-state index in [9.17, 15) is 8.42 Å². The Kier molecular flexibility index (Phi) is 4.27. The molecule has 0 amide bonds. The Morgan fingerprint density at radius 2 is 1.91 bits per heavy atom. The summed E-state index contributed by atoms with van der Waals surface area (Å²) in [5.74, 6) is 0. The summed E-state index contributed by atoms with van der Waals surface area (Å²) in [6, 6.07) is 10.8. The molecule has 1 saturated heterocycles. The van der Waals surface area contributed by atoms with Gasteiger partial charge in [-0.2, -0.15) is 4.31 Å². The number of aryl methyl sites for hydroxylation is 1. The first kappa shape index (κ1) is 15.2. The summed E-state index contributed by atoms with van der Waals surface area (Å²) in [4.78, 5) is 4.51. The predicted octanol–water partition coefficient (Wildman–Crippen LogP) is 3.31. The van der Waals surface area contributed by atoms with Gasteiger partial charge in [0.05, 0.1) is 10.9 Å². The average Bonchev–Trinajstić information content (AvgIpc) is 2.56. The Morgan fingerprint density at radius 1 is 1.14 bits per heavy atom. The van der Waals surface area contributed by atoms with E-state index in [0.29, 0.717) is 11.4 Å². The van der Waals surface area contributed by atoms with Gasteiger partial charge in [-0.1, -0.05) is 30.2 Å². The molecule has 0 saturated carbocycles. The highest BCUT2D eigenvalue weighted by Crippen LogP contribution is 2.35. The Hall–Kier alpha value is -1.72. The maximum Gasteiger partial charge on any atom is 0.243 e. The van der Waals surface area contributed by atoms with E-state index in [1.54, 1.807) is 28.8 Å². The highest BCUT2D eigenvalue weighted by atomic mass is 32.2. The highest BCUT2D eigenvalue weighted by molar-refractivity contribution is 7.89. The molecule has 116 valence electrons. The molecular formula is C17H20N2O2S. The van der Waals surface area contributed by atoms with Crippen molar-refractivity contribution in [3.05, 3.63) is 59.9 Å². The molecule has 5 heteroatoms. The molecule has 2 heterocycles. The normalized spacial score (nSPS) is 20.0. The van der Waals surface area contributed by atoms with Crippen LogP contribution < -0.4 is 0 Å². The van der Waals surface area contributed by atoms with Gasteiger partial charge in [0, 0.05) is 18.9 Å². The third kappa shape index (κ3) is 2.91. The van der Waals surface area contributed by atoms with E-state index in [2.05, 4.69) is 4.98 Å². The number of nitrogens with zero attached hydrogens (tertiary/aromatic N) is 2. The number of hydrogen-bond donors (Lipinski definition) is 0. The summed E-state index contributed by atoms with van der Waals surface area (Å²) in [6.07, 6.45) is 6.27. The fourth-order valence-electron chi connectivity index (χ4n) is 2.94. The molecule has 1 fully saturated rings. The van der Waals surface area contributed by atoms with Gasteiger partial charge in [-0.3, -0.25) is 4.98 Å². The Morgan fingerprint density at radius 3 is 2.59 bits per heavy atom. The first-order valence-corrected chi connectivity index (χ1v) is 9.01.